The second kappa shape index (κ2) is 7.03. The Kier molecular flexibility index (Phi) is 4.85. The lowest BCUT2D eigenvalue weighted by atomic mass is 10.4. The SMILES string of the molecule is O=C(NCCc1ncon1)NCCn1cnc(C(=O)O)c1. The van der Waals surface area contributed by atoms with Crippen LogP contribution < -0.4 is 10.6 Å². The number of aromatic nitrogens is 4. The van der Waals surface area contributed by atoms with Gasteiger partial charge in [0.1, 0.15) is 0 Å². The van der Waals surface area contributed by atoms with Crippen LogP contribution in [0.5, 0.6) is 0 Å². The molecule has 0 atom stereocenters. The molecule has 0 saturated heterocycles. The summed E-state index contributed by atoms with van der Waals surface area (Å²) in [5.74, 6) is -0.559. The molecule has 10 nitrogen and oxygen atoms in total. The molecule has 2 amide bonds. The molecule has 0 fully saturated rings. The molecule has 112 valence electrons. The van der Waals surface area contributed by atoms with Crippen molar-refractivity contribution in [2.45, 2.75) is 13.0 Å². The number of rotatable bonds is 7. The number of carbonyl (C=O) groups is 2. The lowest BCUT2D eigenvalue weighted by Gasteiger charge is -2.06. The van der Waals surface area contributed by atoms with Gasteiger partial charge in [0.2, 0.25) is 6.39 Å². The zero-order valence-electron chi connectivity index (χ0n) is 11.0. The van der Waals surface area contributed by atoms with Gasteiger partial charge < -0.3 is 24.8 Å². The van der Waals surface area contributed by atoms with E-state index in [1.807, 2.05) is 0 Å². The Morgan fingerprint density at radius 1 is 1.29 bits per heavy atom. The molecule has 0 saturated carbocycles. The number of nitrogens with one attached hydrogen (secondary N) is 2. The molecular weight excluding hydrogens is 280 g/mol. The van der Waals surface area contributed by atoms with E-state index in [-0.39, 0.29) is 11.7 Å². The van der Waals surface area contributed by atoms with E-state index in [0.29, 0.717) is 31.9 Å². The third kappa shape index (κ3) is 4.60. The van der Waals surface area contributed by atoms with E-state index in [2.05, 4.69) is 30.3 Å². The number of nitrogens with zero attached hydrogens (tertiary/aromatic N) is 4. The van der Waals surface area contributed by atoms with Gasteiger partial charge in [-0.15, -0.1) is 0 Å². The van der Waals surface area contributed by atoms with Gasteiger partial charge in [0.05, 0.1) is 6.33 Å². The van der Waals surface area contributed by atoms with Gasteiger partial charge in [0.15, 0.2) is 11.5 Å². The number of urea groups is 1. The van der Waals surface area contributed by atoms with Gasteiger partial charge >= 0.3 is 12.0 Å². The zero-order chi connectivity index (χ0) is 15.1. The Hall–Kier alpha value is -2.91. The molecule has 0 radical (unpaired) electrons. The number of carboxylic acid groups (broad SMARTS) is 1. The third-order valence-electron chi connectivity index (χ3n) is 2.55. The van der Waals surface area contributed by atoms with E-state index in [1.165, 1.54) is 18.9 Å². The third-order valence-corrected chi connectivity index (χ3v) is 2.55. The lowest BCUT2D eigenvalue weighted by molar-refractivity contribution is 0.0691. The molecule has 10 heteroatoms. The highest BCUT2D eigenvalue weighted by Crippen LogP contribution is 1.95. The van der Waals surface area contributed by atoms with E-state index in [4.69, 9.17) is 5.11 Å². The van der Waals surface area contributed by atoms with Crippen LogP contribution in [0.25, 0.3) is 0 Å². The molecule has 0 aliphatic carbocycles. The first-order valence-corrected chi connectivity index (χ1v) is 6.17. The number of hydrogen-bond acceptors (Lipinski definition) is 6. The highest BCUT2D eigenvalue weighted by molar-refractivity contribution is 5.84. The van der Waals surface area contributed by atoms with Crippen molar-refractivity contribution in [3.63, 3.8) is 0 Å². The van der Waals surface area contributed by atoms with Crippen molar-refractivity contribution in [1.29, 1.82) is 0 Å². The van der Waals surface area contributed by atoms with E-state index in [9.17, 15) is 9.59 Å². The molecule has 21 heavy (non-hydrogen) atoms. The minimum atomic E-state index is -1.08. The maximum absolute atomic E-state index is 11.5. The van der Waals surface area contributed by atoms with Crippen LogP contribution in [0.2, 0.25) is 0 Å². The van der Waals surface area contributed by atoms with Gasteiger partial charge in [-0.2, -0.15) is 4.98 Å². The van der Waals surface area contributed by atoms with Crippen LogP contribution in [0.3, 0.4) is 0 Å². The molecule has 0 aromatic carbocycles. The summed E-state index contributed by atoms with van der Waals surface area (Å²) >= 11 is 0. The van der Waals surface area contributed by atoms with E-state index < -0.39 is 5.97 Å². The smallest absolute Gasteiger partial charge is 0.356 e. The van der Waals surface area contributed by atoms with Crippen molar-refractivity contribution >= 4 is 12.0 Å². The fraction of sp³-hybridized carbons (Fsp3) is 0.364. The largest absolute Gasteiger partial charge is 0.476 e. The quantitative estimate of drug-likeness (QED) is 0.626. The van der Waals surface area contributed by atoms with Crippen molar-refractivity contribution < 1.29 is 19.2 Å². The first-order valence-electron chi connectivity index (χ1n) is 6.17. The molecule has 0 bridgehead atoms. The van der Waals surface area contributed by atoms with Gasteiger partial charge in [0.25, 0.3) is 0 Å². The van der Waals surface area contributed by atoms with Crippen molar-refractivity contribution in [3.05, 3.63) is 30.4 Å². The van der Waals surface area contributed by atoms with Crippen LogP contribution in [0, 0.1) is 0 Å². The Morgan fingerprint density at radius 3 is 2.76 bits per heavy atom. The first-order chi connectivity index (χ1) is 10.1. The minimum absolute atomic E-state index is 0.0282. The van der Waals surface area contributed by atoms with Crippen molar-refractivity contribution in [1.82, 2.24) is 30.3 Å². The summed E-state index contributed by atoms with van der Waals surface area (Å²) in [5.41, 5.74) is -0.0282. The standard InChI is InChI=1S/C11H14N6O4/c18-10(19)8-5-17(6-14-8)4-3-13-11(20)12-2-1-9-15-7-21-16-9/h5-7H,1-4H2,(H,18,19)(H2,12,13,20). The predicted octanol–water partition coefficient (Wildman–Crippen LogP) is -0.494. The monoisotopic (exact) mass is 294 g/mol. The molecule has 3 N–H and O–H groups in total. The normalized spacial score (nSPS) is 10.3. The summed E-state index contributed by atoms with van der Waals surface area (Å²) in [6.07, 6.45) is 4.51. The molecule has 0 spiro atoms. The summed E-state index contributed by atoms with van der Waals surface area (Å²) in [5, 5.41) is 17.6. The van der Waals surface area contributed by atoms with Gasteiger partial charge in [-0.3, -0.25) is 0 Å². The van der Waals surface area contributed by atoms with E-state index in [0.717, 1.165) is 0 Å². The summed E-state index contributed by atoms with van der Waals surface area (Å²) in [4.78, 5) is 29.6. The average molecular weight is 294 g/mol. The number of amides is 2. The zero-order valence-corrected chi connectivity index (χ0v) is 11.0. The number of aromatic carboxylic acids is 1. The van der Waals surface area contributed by atoms with Gasteiger partial charge in [-0.05, 0) is 0 Å². The van der Waals surface area contributed by atoms with Crippen LogP contribution in [-0.4, -0.2) is 49.9 Å². The molecule has 2 aromatic rings. The Bertz CT molecular complexity index is 594. The molecular formula is C11H14N6O4. The number of carboxylic acids is 1. The van der Waals surface area contributed by atoms with Crippen LogP contribution in [0.4, 0.5) is 4.79 Å². The first kappa shape index (κ1) is 14.5. The Balaban J connectivity index is 1.61. The number of imidazole rings is 1. The molecule has 2 rings (SSSR count). The fourth-order valence-corrected chi connectivity index (χ4v) is 1.54. The van der Waals surface area contributed by atoms with E-state index in [1.54, 1.807) is 4.57 Å². The second-order valence-corrected chi connectivity index (χ2v) is 4.08. The predicted molar refractivity (Wildman–Crippen MR) is 68.6 cm³/mol. The Labute approximate surface area is 119 Å². The highest BCUT2D eigenvalue weighted by Gasteiger charge is 2.06. The van der Waals surface area contributed by atoms with Crippen LogP contribution in [0.15, 0.2) is 23.4 Å². The summed E-state index contributed by atoms with van der Waals surface area (Å²) in [6, 6.07) is -0.322. The van der Waals surface area contributed by atoms with Gasteiger partial charge in [0, 0.05) is 32.3 Å². The van der Waals surface area contributed by atoms with Crippen molar-refractivity contribution in [2.75, 3.05) is 13.1 Å². The molecule has 2 aromatic heterocycles. The van der Waals surface area contributed by atoms with Crippen molar-refractivity contribution in [2.24, 2.45) is 0 Å². The second-order valence-electron chi connectivity index (χ2n) is 4.08. The molecule has 0 aliphatic rings. The van der Waals surface area contributed by atoms with Crippen molar-refractivity contribution in [3.8, 4) is 0 Å². The van der Waals surface area contributed by atoms with Gasteiger partial charge in [-0.25, -0.2) is 14.6 Å². The molecule has 0 unspecified atom stereocenters. The summed E-state index contributed by atoms with van der Waals surface area (Å²) < 4.78 is 6.15. The van der Waals surface area contributed by atoms with Crippen LogP contribution >= 0.6 is 0 Å². The molecule has 2 heterocycles. The van der Waals surface area contributed by atoms with E-state index >= 15 is 0 Å². The van der Waals surface area contributed by atoms with Gasteiger partial charge in [-0.1, -0.05) is 5.16 Å². The Morgan fingerprint density at radius 2 is 2.10 bits per heavy atom. The lowest BCUT2D eigenvalue weighted by Crippen LogP contribution is -2.38. The average Bonchev–Trinajstić information content (AvgIpc) is 3.09. The summed E-state index contributed by atoms with van der Waals surface area (Å²) in [6.45, 7) is 1.17. The highest BCUT2D eigenvalue weighted by atomic mass is 16.5. The summed E-state index contributed by atoms with van der Waals surface area (Å²) in [7, 11) is 0. The minimum Gasteiger partial charge on any atom is -0.476 e. The maximum atomic E-state index is 11.5. The number of hydrogen-bond donors (Lipinski definition) is 3. The fourth-order valence-electron chi connectivity index (χ4n) is 1.54. The molecule has 0 aliphatic heterocycles. The maximum Gasteiger partial charge on any atom is 0.356 e. The van der Waals surface area contributed by atoms with Crippen LogP contribution in [-0.2, 0) is 13.0 Å². The van der Waals surface area contributed by atoms with Crippen LogP contribution in [0.1, 0.15) is 16.3 Å². The number of carbonyl (C=O) groups excluding carboxylic acids is 1. The topological polar surface area (TPSA) is 135 Å².